The third-order valence-corrected chi connectivity index (χ3v) is 7.24. The molecule has 0 aliphatic carbocycles. The van der Waals surface area contributed by atoms with Gasteiger partial charge in [-0.05, 0) is 62.4 Å². The highest BCUT2D eigenvalue weighted by Crippen LogP contribution is 2.25. The van der Waals surface area contributed by atoms with Crippen LogP contribution in [0.2, 0.25) is 0 Å². The summed E-state index contributed by atoms with van der Waals surface area (Å²) in [6.45, 7) is 10.1. The molecule has 0 unspecified atom stereocenters. The van der Waals surface area contributed by atoms with Crippen LogP contribution in [0.3, 0.4) is 0 Å². The van der Waals surface area contributed by atoms with Crippen LogP contribution in [0, 0.1) is 13.8 Å². The fourth-order valence-corrected chi connectivity index (χ4v) is 5.00. The second-order valence-electron chi connectivity index (χ2n) is 9.24. The fraction of sp³-hybridized carbons (Fsp3) is 0.393. The Labute approximate surface area is 213 Å². The minimum atomic E-state index is 0.0201. The Kier molecular flexibility index (Phi) is 8.64. The van der Waals surface area contributed by atoms with Gasteiger partial charge in [0.2, 0.25) is 5.91 Å². The van der Waals surface area contributed by atoms with Crippen LogP contribution in [0.1, 0.15) is 30.0 Å². The Balaban J connectivity index is 1.24. The van der Waals surface area contributed by atoms with Crippen molar-refractivity contribution < 1.29 is 4.79 Å². The van der Waals surface area contributed by atoms with Gasteiger partial charge in [0, 0.05) is 44.1 Å². The lowest BCUT2D eigenvalue weighted by molar-refractivity contribution is -0.119. The van der Waals surface area contributed by atoms with Gasteiger partial charge in [-0.1, -0.05) is 54.2 Å². The van der Waals surface area contributed by atoms with E-state index in [0.29, 0.717) is 10.9 Å². The van der Waals surface area contributed by atoms with Crippen LogP contribution in [0.5, 0.6) is 0 Å². The molecular formula is C28H35N5OS. The zero-order valence-electron chi connectivity index (χ0n) is 20.9. The number of rotatable bonds is 9. The van der Waals surface area contributed by atoms with Crippen LogP contribution >= 0.6 is 11.8 Å². The molecule has 0 saturated carbocycles. The number of hydrogen-bond acceptors (Lipinski definition) is 6. The van der Waals surface area contributed by atoms with E-state index in [2.05, 4.69) is 71.2 Å². The quantitative estimate of drug-likeness (QED) is 0.349. The molecular weight excluding hydrogens is 454 g/mol. The molecule has 1 amide bonds. The Morgan fingerprint density at radius 1 is 1.03 bits per heavy atom. The van der Waals surface area contributed by atoms with Gasteiger partial charge in [-0.3, -0.25) is 4.79 Å². The lowest BCUT2D eigenvalue weighted by atomic mass is 10.1. The van der Waals surface area contributed by atoms with E-state index >= 15 is 0 Å². The van der Waals surface area contributed by atoms with Crippen LogP contribution in [0.4, 0.5) is 11.5 Å². The summed E-state index contributed by atoms with van der Waals surface area (Å²) >= 11 is 1.39. The first-order chi connectivity index (χ1) is 17.0. The summed E-state index contributed by atoms with van der Waals surface area (Å²) in [5.41, 5.74) is 5.23. The summed E-state index contributed by atoms with van der Waals surface area (Å²) in [5, 5.41) is 3.74. The fourth-order valence-electron chi connectivity index (χ4n) is 4.36. The first-order valence-corrected chi connectivity index (χ1v) is 13.3. The average molecular weight is 490 g/mol. The number of piperazine rings is 1. The van der Waals surface area contributed by atoms with Gasteiger partial charge in [0.1, 0.15) is 5.82 Å². The van der Waals surface area contributed by atoms with Crippen molar-refractivity contribution in [2.24, 2.45) is 0 Å². The Morgan fingerprint density at radius 2 is 1.77 bits per heavy atom. The molecule has 2 aromatic carbocycles. The molecule has 4 rings (SSSR count). The number of nitrogens with zero attached hydrogens (tertiary/aromatic N) is 4. The van der Waals surface area contributed by atoms with Crippen molar-refractivity contribution >= 4 is 29.2 Å². The summed E-state index contributed by atoms with van der Waals surface area (Å²) in [7, 11) is 0. The highest BCUT2D eigenvalue weighted by Gasteiger charge is 2.20. The van der Waals surface area contributed by atoms with Gasteiger partial charge in [-0.25, -0.2) is 9.97 Å². The van der Waals surface area contributed by atoms with E-state index in [-0.39, 0.29) is 11.9 Å². The third kappa shape index (κ3) is 7.21. The highest BCUT2D eigenvalue weighted by molar-refractivity contribution is 7.99. The van der Waals surface area contributed by atoms with E-state index in [1.807, 2.05) is 24.3 Å². The molecule has 1 aliphatic heterocycles. The summed E-state index contributed by atoms with van der Waals surface area (Å²) in [6.07, 6.45) is 3.67. The number of nitrogens with one attached hydrogen (secondary N) is 1. The third-order valence-electron chi connectivity index (χ3n) is 6.38. The van der Waals surface area contributed by atoms with Crippen LogP contribution in [-0.4, -0.2) is 53.8 Å². The van der Waals surface area contributed by atoms with E-state index in [1.165, 1.54) is 34.1 Å². The number of anilines is 2. The molecule has 1 N–H and O–H groups in total. The number of thioether (sulfide) groups is 1. The topological polar surface area (TPSA) is 61.4 Å². The first kappa shape index (κ1) is 25.0. The normalized spacial score (nSPS) is 14.6. The second kappa shape index (κ2) is 12.1. The van der Waals surface area contributed by atoms with Crippen LogP contribution in [-0.2, 0) is 11.2 Å². The molecule has 0 radical (unpaired) electrons. The summed E-state index contributed by atoms with van der Waals surface area (Å²) in [4.78, 5) is 26.3. The molecule has 35 heavy (non-hydrogen) atoms. The van der Waals surface area contributed by atoms with Gasteiger partial charge in [-0.15, -0.1) is 0 Å². The lowest BCUT2D eigenvalue weighted by Gasteiger charge is -2.37. The zero-order chi connectivity index (χ0) is 24.6. The number of carbonyl (C=O) groups is 1. The summed E-state index contributed by atoms with van der Waals surface area (Å²) in [5.74, 6) is 1.27. The monoisotopic (exact) mass is 489 g/mol. The van der Waals surface area contributed by atoms with Gasteiger partial charge in [0.25, 0.3) is 0 Å². The SMILES string of the molecule is Cc1ccc(C)c(N2CCN(c3ccnc(SCC(=O)N[C@H](C)CCc4ccccc4)n3)CC2)c1. The Morgan fingerprint density at radius 3 is 2.54 bits per heavy atom. The standard InChI is InChI=1S/C28H35N5OS/c1-21-9-10-22(2)25(19-21)32-15-17-33(18-16-32)26-13-14-29-28(31-26)35-20-27(34)30-23(3)11-12-24-7-5-4-6-8-24/h4-10,13-14,19,23H,11-12,15-18,20H2,1-3H3,(H,30,34)/t23-/m1/s1. The van der Waals surface area contributed by atoms with Crippen LogP contribution < -0.4 is 15.1 Å². The number of benzene rings is 2. The number of aryl methyl sites for hydroxylation is 3. The lowest BCUT2D eigenvalue weighted by Crippen LogP contribution is -2.47. The molecule has 1 fully saturated rings. The van der Waals surface area contributed by atoms with Crippen molar-refractivity contribution in [2.75, 3.05) is 41.7 Å². The first-order valence-electron chi connectivity index (χ1n) is 12.3. The maximum absolute atomic E-state index is 12.4. The zero-order valence-corrected chi connectivity index (χ0v) is 21.7. The Bertz CT molecular complexity index is 1120. The molecule has 6 nitrogen and oxygen atoms in total. The number of hydrogen-bond donors (Lipinski definition) is 1. The van der Waals surface area contributed by atoms with Crippen molar-refractivity contribution in [2.45, 2.75) is 44.8 Å². The number of aromatic nitrogens is 2. The maximum Gasteiger partial charge on any atom is 0.230 e. The summed E-state index contributed by atoms with van der Waals surface area (Å²) in [6, 6.07) is 19.1. The molecule has 1 saturated heterocycles. The minimum absolute atomic E-state index is 0.0201. The van der Waals surface area contributed by atoms with Crippen molar-refractivity contribution in [3.8, 4) is 0 Å². The maximum atomic E-state index is 12.4. The van der Waals surface area contributed by atoms with Gasteiger partial charge in [0.05, 0.1) is 5.75 Å². The molecule has 184 valence electrons. The Hall–Kier alpha value is -3.06. The predicted molar refractivity (Wildman–Crippen MR) is 145 cm³/mol. The molecule has 1 aromatic heterocycles. The van der Waals surface area contributed by atoms with E-state index in [1.54, 1.807) is 6.20 Å². The van der Waals surface area contributed by atoms with Crippen LogP contribution in [0.15, 0.2) is 66.0 Å². The molecule has 7 heteroatoms. The smallest absolute Gasteiger partial charge is 0.230 e. The average Bonchev–Trinajstić information content (AvgIpc) is 2.88. The highest BCUT2D eigenvalue weighted by atomic mass is 32.2. The molecule has 1 aliphatic rings. The van der Waals surface area contributed by atoms with E-state index in [9.17, 15) is 4.79 Å². The largest absolute Gasteiger partial charge is 0.368 e. The number of carbonyl (C=O) groups excluding carboxylic acids is 1. The van der Waals surface area contributed by atoms with Crippen molar-refractivity contribution in [1.29, 1.82) is 0 Å². The minimum Gasteiger partial charge on any atom is -0.368 e. The van der Waals surface area contributed by atoms with E-state index in [4.69, 9.17) is 4.98 Å². The summed E-state index contributed by atoms with van der Waals surface area (Å²) < 4.78 is 0. The van der Waals surface area contributed by atoms with Crippen molar-refractivity contribution in [3.63, 3.8) is 0 Å². The van der Waals surface area contributed by atoms with Crippen LogP contribution in [0.25, 0.3) is 0 Å². The predicted octanol–water partition coefficient (Wildman–Crippen LogP) is 4.65. The van der Waals surface area contributed by atoms with E-state index < -0.39 is 0 Å². The van der Waals surface area contributed by atoms with E-state index in [0.717, 1.165) is 44.8 Å². The molecule has 0 bridgehead atoms. The second-order valence-corrected chi connectivity index (χ2v) is 10.2. The van der Waals surface area contributed by atoms with Gasteiger partial charge >= 0.3 is 0 Å². The van der Waals surface area contributed by atoms with Gasteiger partial charge in [-0.2, -0.15) is 0 Å². The molecule has 3 aromatic rings. The molecule has 0 spiro atoms. The van der Waals surface area contributed by atoms with Gasteiger partial charge < -0.3 is 15.1 Å². The molecule has 2 heterocycles. The van der Waals surface area contributed by atoms with Crippen molar-refractivity contribution in [1.82, 2.24) is 15.3 Å². The number of amides is 1. The van der Waals surface area contributed by atoms with Gasteiger partial charge in [0.15, 0.2) is 5.16 Å². The van der Waals surface area contributed by atoms with Crippen molar-refractivity contribution in [3.05, 3.63) is 77.5 Å². The molecule has 1 atom stereocenters.